The van der Waals surface area contributed by atoms with Gasteiger partial charge in [0, 0.05) is 41.2 Å². The highest BCUT2D eigenvalue weighted by Gasteiger charge is 2.29. The van der Waals surface area contributed by atoms with Gasteiger partial charge >= 0.3 is 0 Å². The lowest BCUT2D eigenvalue weighted by Gasteiger charge is -2.33. The maximum absolute atomic E-state index is 12.8. The number of piperazine rings is 1. The van der Waals surface area contributed by atoms with Crippen LogP contribution in [0.5, 0.6) is 0 Å². The Morgan fingerprint density at radius 1 is 1.10 bits per heavy atom. The standard InChI is InChI=1S/C20H22BrClN4O3S/c1-15(18-4-2-3-5-19(18)22)23-24-20(27)14-25-10-12-26(13-11-25)30(28,29)17-8-6-16(21)7-9-17/h2-9H,10-14H2,1H3,(H,24,27)/b23-15+. The monoisotopic (exact) mass is 512 g/mol. The molecule has 0 saturated carbocycles. The number of halogens is 2. The summed E-state index contributed by atoms with van der Waals surface area (Å²) in [5.74, 6) is -0.259. The first kappa shape index (κ1) is 22.9. The van der Waals surface area contributed by atoms with Gasteiger partial charge in [-0.15, -0.1) is 0 Å². The van der Waals surface area contributed by atoms with Crippen LogP contribution in [-0.2, 0) is 14.8 Å². The van der Waals surface area contributed by atoms with Crippen molar-refractivity contribution in [1.82, 2.24) is 14.6 Å². The van der Waals surface area contributed by atoms with Crippen molar-refractivity contribution in [2.24, 2.45) is 5.10 Å². The molecule has 1 aliphatic heterocycles. The molecule has 0 aromatic heterocycles. The van der Waals surface area contributed by atoms with Crippen LogP contribution in [0.15, 0.2) is 63.0 Å². The van der Waals surface area contributed by atoms with Crippen LogP contribution >= 0.6 is 27.5 Å². The van der Waals surface area contributed by atoms with Crippen molar-refractivity contribution < 1.29 is 13.2 Å². The lowest BCUT2D eigenvalue weighted by molar-refractivity contribution is -0.122. The molecule has 0 bridgehead atoms. The fourth-order valence-corrected chi connectivity index (χ4v) is 5.04. The number of amides is 1. The van der Waals surface area contributed by atoms with Crippen LogP contribution in [-0.4, -0.2) is 62.0 Å². The third kappa shape index (κ3) is 5.67. The summed E-state index contributed by atoms with van der Waals surface area (Å²) in [4.78, 5) is 14.4. The van der Waals surface area contributed by atoms with Gasteiger partial charge < -0.3 is 0 Å². The number of hydrazone groups is 1. The van der Waals surface area contributed by atoms with E-state index in [-0.39, 0.29) is 17.3 Å². The third-order valence-corrected chi connectivity index (χ3v) is 7.53. The summed E-state index contributed by atoms with van der Waals surface area (Å²) >= 11 is 9.44. The molecule has 0 spiro atoms. The van der Waals surface area contributed by atoms with E-state index in [1.165, 1.54) is 4.31 Å². The van der Waals surface area contributed by atoms with E-state index < -0.39 is 10.0 Å². The van der Waals surface area contributed by atoms with Crippen LogP contribution < -0.4 is 5.43 Å². The third-order valence-electron chi connectivity index (χ3n) is 4.76. The number of rotatable bonds is 6. The van der Waals surface area contributed by atoms with Gasteiger partial charge in [0.25, 0.3) is 5.91 Å². The van der Waals surface area contributed by atoms with E-state index in [0.29, 0.717) is 36.9 Å². The smallest absolute Gasteiger partial charge is 0.254 e. The SMILES string of the molecule is C/C(=N\NC(=O)CN1CCN(S(=O)(=O)c2ccc(Br)cc2)CC1)c1ccccc1Cl. The normalized spacial score (nSPS) is 16.4. The van der Waals surface area contributed by atoms with Crippen LogP contribution in [0.1, 0.15) is 12.5 Å². The molecule has 30 heavy (non-hydrogen) atoms. The van der Waals surface area contributed by atoms with Crippen LogP contribution in [0, 0.1) is 0 Å². The maximum Gasteiger partial charge on any atom is 0.254 e. The number of hydrogen-bond donors (Lipinski definition) is 1. The number of nitrogens with one attached hydrogen (secondary N) is 1. The zero-order valence-electron chi connectivity index (χ0n) is 16.4. The Morgan fingerprint density at radius 2 is 1.73 bits per heavy atom. The average Bonchev–Trinajstić information content (AvgIpc) is 2.73. The average molecular weight is 514 g/mol. The molecular weight excluding hydrogens is 492 g/mol. The molecule has 0 aliphatic carbocycles. The van der Waals surface area contributed by atoms with Gasteiger partial charge in [0.2, 0.25) is 10.0 Å². The molecule has 1 saturated heterocycles. The molecule has 1 amide bonds. The topological polar surface area (TPSA) is 82.1 Å². The molecule has 7 nitrogen and oxygen atoms in total. The first-order chi connectivity index (χ1) is 14.3. The number of carbonyl (C=O) groups is 1. The number of sulfonamides is 1. The number of benzene rings is 2. The maximum atomic E-state index is 12.8. The van der Waals surface area contributed by atoms with E-state index in [4.69, 9.17) is 11.6 Å². The second-order valence-electron chi connectivity index (χ2n) is 6.85. The van der Waals surface area contributed by atoms with Crippen molar-refractivity contribution in [3.8, 4) is 0 Å². The largest absolute Gasteiger partial charge is 0.292 e. The molecule has 160 valence electrons. The summed E-state index contributed by atoms with van der Waals surface area (Å²) in [6.45, 7) is 3.51. The highest BCUT2D eigenvalue weighted by Crippen LogP contribution is 2.20. The van der Waals surface area contributed by atoms with Crippen molar-refractivity contribution in [3.05, 3.63) is 63.6 Å². The van der Waals surface area contributed by atoms with E-state index in [1.807, 2.05) is 23.1 Å². The number of hydrogen-bond acceptors (Lipinski definition) is 5. The van der Waals surface area contributed by atoms with Gasteiger partial charge in [-0.2, -0.15) is 9.41 Å². The Bertz CT molecular complexity index is 1040. The minimum atomic E-state index is -3.54. The lowest BCUT2D eigenvalue weighted by Crippen LogP contribution is -2.50. The summed E-state index contributed by atoms with van der Waals surface area (Å²) in [5, 5.41) is 4.68. The Kier molecular flexibility index (Phi) is 7.65. The van der Waals surface area contributed by atoms with Crippen molar-refractivity contribution >= 4 is 49.2 Å². The van der Waals surface area contributed by atoms with Crippen LogP contribution in [0.4, 0.5) is 0 Å². The van der Waals surface area contributed by atoms with E-state index in [0.717, 1.165) is 10.0 Å². The van der Waals surface area contributed by atoms with Crippen molar-refractivity contribution in [2.75, 3.05) is 32.7 Å². The molecule has 0 unspecified atom stereocenters. The van der Waals surface area contributed by atoms with Crippen LogP contribution in [0.3, 0.4) is 0 Å². The fourth-order valence-electron chi connectivity index (χ4n) is 3.08. The molecule has 0 radical (unpaired) electrons. The number of carbonyl (C=O) groups excluding carboxylic acids is 1. The molecule has 10 heteroatoms. The van der Waals surface area contributed by atoms with Crippen LogP contribution in [0.25, 0.3) is 0 Å². The lowest BCUT2D eigenvalue weighted by atomic mass is 10.1. The first-order valence-corrected chi connectivity index (χ1v) is 11.9. The Balaban J connectivity index is 1.52. The van der Waals surface area contributed by atoms with E-state index in [2.05, 4.69) is 26.5 Å². The Labute approximate surface area is 189 Å². The molecular formula is C20H22BrClN4O3S. The first-order valence-electron chi connectivity index (χ1n) is 9.33. The van der Waals surface area contributed by atoms with Gasteiger partial charge in [-0.1, -0.05) is 45.7 Å². The molecule has 1 fully saturated rings. The van der Waals surface area contributed by atoms with Gasteiger partial charge in [0.1, 0.15) is 0 Å². The summed E-state index contributed by atoms with van der Waals surface area (Å²) < 4.78 is 27.8. The van der Waals surface area contributed by atoms with Gasteiger partial charge in [-0.05, 0) is 37.3 Å². The fraction of sp³-hybridized carbons (Fsp3) is 0.300. The van der Waals surface area contributed by atoms with Gasteiger partial charge in [0.05, 0.1) is 17.2 Å². The second-order valence-corrected chi connectivity index (χ2v) is 10.1. The molecule has 2 aromatic carbocycles. The molecule has 0 atom stereocenters. The Hall–Kier alpha value is -1.78. The quantitative estimate of drug-likeness (QED) is 0.476. The predicted octanol–water partition coefficient (Wildman–Crippen LogP) is 2.95. The van der Waals surface area contributed by atoms with Gasteiger partial charge in [0.15, 0.2) is 0 Å². The summed E-state index contributed by atoms with van der Waals surface area (Å²) in [7, 11) is -3.54. The Morgan fingerprint density at radius 3 is 2.37 bits per heavy atom. The van der Waals surface area contributed by atoms with Gasteiger partial charge in [-0.25, -0.2) is 13.8 Å². The van der Waals surface area contributed by atoms with E-state index in [9.17, 15) is 13.2 Å². The minimum Gasteiger partial charge on any atom is -0.292 e. The van der Waals surface area contributed by atoms with Crippen molar-refractivity contribution in [1.29, 1.82) is 0 Å². The summed E-state index contributed by atoms with van der Waals surface area (Å²) in [6.07, 6.45) is 0. The number of nitrogens with zero attached hydrogens (tertiary/aromatic N) is 3. The minimum absolute atomic E-state index is 0.144. The van der Waals surface area contributed by atoms with Crippen molar-refractivity contribution in [2.45, 2.75) is 11.8 Å². The van der Waals surface area contributed by atoms with Crippen LogP contribution in [0.2, 0.25) is 5.02 Å². The molecule has 1 aliphatic rings. The van der Waals surface area contributed by atoms with E-state index in [1.54, 1.807) is 37.3 Å². The zero-order valence-corrected chi connectivity index (χ0v) is 19.5. The molecule has 1 N–H and O–H groups in total. The second kappa shape index (κ2) is 10.0. The van der Waals surface area contributed by atoms with Gasteiger partial charge in [-0.3, -0.25) is 9.69 Å². The summed E-state index contributed by atoms with van der Waals surface area (Å²) in [6, 6.07) is 13.9. The molecule has 1 heterocycles. The zero-order chi connectivity index (χ0) is 21.7. The molecule has 3 rings (SSSR count). The molecule has 2 aromatic rings. The highest BCUT2D eigenvalue weighted by molar-refractivity contribution is 9.10. The highest BCUT2D eigenvalue weighted by atomic mass is 79.9. The van der Waals surface area contributed by atoms with E-state index >= 15 is 0 Å². The van der Waals surface area contributed by atoms with Crippen molar-refractivity contribution in [3.63, 3.8) is 0 Å². The predicted molar refractivity (Wildman–Crippen MR) is 121 cm³/mol. The summed E-state index contributed by atoms with van der Waals surface area (Å²) in [5.41, 5.74) is 3.91.